The summed E-state index contributed by atoms with van der Waals surface area (Å²) in [6, 6.07) is 0. The van der Waals surface area contributed by atoms with Gasteiger partial charge in [0, 0.05) is 6.54 Å². The van der Waals surface area contributed by atoms with Crippen LogP contribution >= 0.6 is 0 Å². The zero-order valence-electron chi connectivity index (χ0n) is 8.63. The summed E-state index contributed by atoms with van der Waals surface area (Å²) in [5.74, 6) is 1.53. The number of amidine groups is 1. The first kappa shape index (κ1) is 10.1. The summed E-state index contributed by atoms with van der Waals surface area (Å²) >= 11 is 0. The number of nitrogens with zero attached hydrogens (tertiary/aromatic N) is 1. The van der Waals surface area contributed by atoms with Gasteiger partial charge in [-0.3, -0.25) is 10.3 Å². The monoisotopic (exact) mass is 182 g/mol. The second-order valence-electron chi connectivity index (χ2n) is 3.71. The molecule has 1 aliphatic rings. The Kier molecular flexibility index (Phi) is 2.96. The molecule has 1 fully saturated rings. The summed E-state index contributed by atoms with van der Waals surface area (Å²) in [7, 11) is 0. The molecule has 0 radical (unpaired) electrons. The van der Waals surface area contributed by atoms with Crippen LogP contribution in [0.4, 0.5) is 0 Å². The molecule has 3 heteroatoms. The lowest BCUT2D eigenvalue weighted by atomic mass is 10.1. The Morgan fingerprint density at radius 2 is 2.23 bits per heavy atom. The van der Waals surface area contributed by atoms with Crippen molar-refractivity contribution >= 4 is 5.84 Å². The van der Waals surface area contributed by atoms with Gasteiger partial charge in [-0.25, -0.2) is 0 Å². The summed E-state index contributed by atoms with van der Waals surface area (Å²) in [5, 5.41) is 7.87. The van der Waals surface area contributed by atoms with Gasteiger partial charge < -0.3 is 4.74 Å². The quantitative estimate of drug-likeness (QED) is 0.726. The minimum absolute atomic E-state index is 0.0981. The van der Waals surface area contributed by atoms with Crippen molar-refractivity contribution in [3.05, 3.63) is 12.5 Å². The molecule has 3 nitrogen and oxygen atoms in total. The van der Waals surface area contributed by atoms with Crippen LogP contribution in [0.3, 0.4) is 0 Å². The normalized spacial score (nSPS) is 22.8. The molecular formula is C10H18N2O. The van der Waals surface area contributed by atoms with E-state index in [1.807, 2.05) is 4.90 Å². The van der Waals surface area contributed by atoms with Gasteiger partial charge in [-0.05, 0) is 18.9 Å². The van der Waals surface area contributed by atoms with E-state index in [4.69, 9.17) is 10.1 Å². The molecule has 0 bridgehead atoms. The van der Waals surface area contributed by atoms with E-state index in [0.29, 0.717) is 17.6 Å². The summed E-state index contributed by atoms with van der Waals surface area (Å²) in [6.45, 7) is 10.8. The van der Waals surface area contributed by atoms with Gasteiger partial charge in [0.25, 0.3) is 0 Å². The molecule has 0 aliphatic carbocycles. The van der Waals surface area contributed by atoms with Gasteiger partial charge in [0.15, 0.2) is 12.0 Å². The number of ether oxygens (including phenoxy) is 1. The molecule has 0 aromatic heterocycles. The van der Waals surface area contributed by atoms with Crippen molar-refractivity contribution in [2.24, 2.45) is 5.92 Å². The van der Waals surface area contributed by atoms with E-state index in [1.54, 1.807) is 0 Å². The first-order chi connectivity index (χ1) is 6.07. The number of rotatable bonds is 3. The minimum atomic E-state index is -0.0981. The van der Waals surface area contributed by atoms with E-state index < -0.39 is 0 Å². The Morgan fingerprint density at radius 1 is 1.62 bits per heavy atom. The van der Waals surface area contributed by atoms with Crippen molar-refractivity contribution in [3.63, 3.8) is 0 Å². The molecule has 1 saturated heterocycles. The third-order valence-corrected chi connectivity index (χ3v) is 2.18. The smallest absolute Gasteiger partial charge is 0.188 e. The van der Waals surface area contributed by atoms with E-state index in [0.717, 1.165) is 13.0 Å². The van der Waals surface area contributed by atoms with Gasteiger partial charge >= 0.3 is 0 Å². The van der Waals surface area contributed by atoms with Crippen LogP contribution in [0.2, 0.25) is 0 Å². The molecule has 74 valence electrons. The molecule has 0 amide bonds. The average molecular weight is 182 g/mol. The van der Waals surface area contributed by atoms with Crippen LogP contribution in [-0.2, 0) is 4.74 Å². The van der Waals surface area contributed by atoms with Gasteiger partial charge in [-0.1, -0.05) is 20.8 Å². The van der Waals surface area contributed by atoms with Crippen LogP contribution in [0.25, 0.3) is 0 Å². The molecule has 0 aromatic rings. The fourth-order valence-corrected chi connectivity index (χ4v) is 1.47. The molecule has 1 N–H and O–H groups in total. The second-order valence-corrected chi connectivity index (χ2v) is 3.71. The minimum Gasteiger partial charge on any atom is -0.468 e. The maximum Gasteiger partial charge on any atom is 0.188 e. The highest BCUT2D eigenvalue weighted by atomic mass is 16.5. The summed E-state index contributed by atoms with van der Waals surface area (Å²) in [4.78, 5) is 1.85. The van der Waals surface area contributed by atoms with Gasteiger partial charge in [0.05, 0.1) is 0 Å². The van der Waals surface area contributed by atoms with Crippen LogP contribution in [0.1, 0.15) is 27.2 Å². The van der Waals surface area contributed by atoms with Gasteiger partial charge in [-0.2, -0.15) is 0 Å². The Bertz CT molecular complexity index is 223. The number of hydrogen-bond donors (Lipinski definition) is 1. The molecule has 0 saturated carbocycles. The largest absolute Gasteiger partial charge is 0.468 e. The van der Waals surface area contributed by atoms with Crippen molar-refractivity contribution in [1.29, 1.82) is 5.41 Å². The molecule has 13 heavy (non-hydrogen) atoms. The van der Waals surface area contributed by atoms with E-state index in [1.165, 1.54) is 0 Å². The number of hydrogen-bond acceptors (Lipinski definition) is 2. The highest BCUT2D eigenvalue weighted by molar-refractivity contribution is 5.87. The molecule has 0 spiro atoms. The maximum absolute atomic E-state index is 7.87. The zero-order chi connectivity index (χ0) is 10.0. The zero-order valence-corrected chi connectivity index (χ0v) is 8.63. The average Bonchev–Trinajstić information content (AvgIpc) is 2.32. The van der Waals surface area contributed by atoms with Crippen LogP contribution in [0.5, 0.6) is 0 Å². The van der Waals surface area contributed by atoms with Crippen molar-refractivity contribution < 1.29 is 4.74 Å². The SMILES string of the molecule is C=C1OC(C(C)C)C(=N)N1CCC. The molecule has 0 aromatic carbocycles. The molecule has 1 heterocycles. The Labute approximate surface area is 79.9 Å². The Balaban J connectivity index is 2.69. The maximum atomic E-state index is 7.87. The summed E-state index contributed by atoms with van der Waals surface area (Å²) in [6.07, 6.45) is 0.911. The van der Waals surface area contributed by atoms with Gasteiger partial charge in [0.2, 0.25) is 0 Å². The lowest BCUT2D eigenvalue weighted by Crippen LogP contribution is -2.31. The van der Waals surface area contributed by atoms with E-state index in [9.17, 15) is 0 Å². The molecule has 1 rings (SSSR count). The van der Waals surface area contributed by atoms with Gasteiger partial charge in [0.1, 0.15) is 5.84 Å². The third kappa shape index (κ3) is 1.85. The predicted molar refractivity (Wildman–Crippen MR) is 53.6 cm³/mol. The first-order valence-corrected chi connectivity index (χ1v) is 4.79. The van der Waals surface area contributed by atoms with Crippen LogP contribution < -0.4 is 0 Å². The van der Waals surface area contributed by atoms with Crippen LogP contribution in [-0.4, -0.2) is 23.4 Å². The first-order valence-electron chi connectivity index (χ1n) is 4.79. The standard InChI is InChI=1S/C10H18N2O/c1-5-6-12-8(4)13-9(7(2)3)10(12)11/h7,9,11H,4-6H2,1-3H3. The highest BCUT2D eigenvalue weighted by Gasteiger charge is 2.34. The fraction of sp³-hybridized carbons (Fsp3) is 0.700. The van der Waals surface area contributed by atoms with Crippen LogP contribution in [0, 0.1) is 11.3 Å². The lowest BCUT2D eigenvalue weighted by Gasteiger charge is -2.15. The topological polar surface area (TPSA) is 36.3 Å². The molecule has 1 aliphatic heterocycles. The predicted octanol–water partition coefficient (Wildman–Crippen LogP) is 2.20. The van der Waals surface area contributed by atoms with Crippen LogP contribution in [0.15, 0.2) is 12.5 Å². The Morgan fingerprint density at radius 3 is 2.62 bits per heavy atom. The summed E-state index contributed by atoms with van der Waals surface area (Å²) < 4.78 is 5.51. The fourth-order valence-electron chi connectivity index (χ4n) is 1.47. The van der Waals surface area contributed by atoms with E-state index in [2.05, 4.69) is 27.4 Å². The molecule has 1 unspecified atom stereocenters. The third-order valence-electron chi connectivity index (χ3n) is 2.18. The summed E-state index contributed by atoms with van der Waals surface area (Å²) in [5.41, 5.74) is 0. The van der Waals surface area contributed by atoms with Crippen molar-refractivity contribution in [1.82, 2.24) is 4.90 Å². The molecular weight excluding hydrogens is 164 g/mol. The second kappa shape index (κ2) is 3.81. The van der Waals surface area contributed by atoms with Gasteiger partial charge in [-0.15, -0.1) is 0 Å². The van der Waals surface area contributed by atoms with Crippen molar-refractivity contribution in [2.45, 2.75) is 33.3 Å². The highest BCUT2D eigenvalue weighted by Crippen LogP contribution is 2.24. The van der Waals surface area contributed by atoms with Crippen molar-refractivity contribution in [2.75, 3.05) is 6.54 Å². The molecule has 1 atom stereocenters. The van der Waals surface area contributed by atoms with E-state index >= 15 is 0 Å². The lowest BCUT2D eigenvalue weighted by molar-refractivity contribution is 0.136. The van der Waals surface area contributed by atoms with Crippen molar-refractivity contribution in [3.8, 4) is 0 Å². The van der Waals surface area contributed by atoms with E-state index in [-0.39, 0.29) is 6.10 Å². The number of nitrogens with one attached hydrogen (secondary N) is 1. The Hall–Kier alpha value is -0.990.